The number of esters is 1. The second-order valence-electron chi connectivity index (χ2n) is 4.91. The predicted octanol–water partition coefficient (Wildman–Crippen LogP) is 1.70. The van der Waals surface area contributed by atoms with Crippen LogP contribution in [0.4, 0.5) is 0 Å². The van der Waals surface area contributed by atoms with Gasteiger partial charge in [0.15, 0.2) is 0 Å². The van der Waals surface area contributed by atoms with E-state index < -0.39 is 24.3 Å². The number of aldehydes is 1. The molecular formula is C17H11NO5. The maximum Gasteiger partial charge on any atom is 0.331 e. The molecule has 0 aliphatic carbocycles. The highest BCUT2D eigenvalue weighted by Gasteiger charge is 2.36. The Morgan fingerprint density at radius 1 is 1.00 bits per heavy atom. The highest BCUT2D eigenvalue weighted by Crippen LogP contribution is 2.22. The van der Waals surface area contributed by atoms with Crippen LogP contribution < -0.4 is 4.74 Å². The lowest BCUT2D eigenvalue weighted by Crippen LogP contribution is -2.36. The Kier molecular flexibility index (Phi) is 3.72. The Labute approximate surface area is 131 Å². The summed E-state index contributed by atoms with van der Waals surface area (Å²) in [5.41, 5.74) is 0.900. The van der Waals surface area contributed by atoms with E-state index in [2.05, 4.69) is 0 Å². The zero-order valence-electron chi connectivity index (χ0n) is 11.9. The monoisotopic (exact) mass is 309 g/mol. The topological polar surface area (TPSA) is 80.8 Å². The molecule has 0 saturated carbocycles. The van der Waals surface area contributed by atoms with Gasteiger partial charge in [0.25, 0.3) is 11.8 Å². The van der Waals surface area contributed by atoms with Crippen LogP contribution in [-0.2, 0) is 4.79 Å². The smallest absolute Gasteiger partial charge is 0.331 e. The Morgan fingerprint density at radius 2 is 1.65 bits per heavy atom. The third-order valence-corrected chi connectivity index (χ3v) is 3.39. The SMILES string of the molecule is O=Cc1cccc(OC(=O)CN2C(=O)c3ccccc3C2=O)c1. The van der Waals surface area contributed by atoms with Crippen LogP contribution in [0.15, 0.2) is 48.5 Å². The molecule has 0 bridgehead atoms. The summed E-state index contributed by atoms with van der Waals surface area (Å²) in [5, 5.41) is 0. The molecule has 1 aliphatic rings. The maximum absolute atomic E-state index is 12.1. The summed E-state index contributed by atoms with van der Waals surface area (Å²) in [5.74, 6) is -1.63. The molecule has 6 heteroatoms. The van der Waals surface area contributed by atoms with Gasteiger partial charge in [-0.05, 0) is 24.3 Å². The van der Waals surface area contributed by atoms with Gasteiger partial charge in [0, 0.05) is 5.56 Å². The number of benzene rings is 2. The molecule has 23 heavy (non-hydrogen) atoms. The first-order chi connectivity index (χ1) is 11.1. The molecule has 3 rings (SSSR count). The standard InChI is InChI=1S/C17H11NO5/c19-10-11-4-3-5-12(8-11)23-15(20)9-18-16(21)13-6-1-2-7-14(13)17(18)22/h1-8,10H,9H2. The molecule has 0 fully saturated rings. The normalized spacial score (nSPS) is 13.0. The fourth-order valence-electron chi connectivity index (χ4n) is 2.33. The second kappa shape index (κ2) is 5.84. The first-order valence-electron chi connectivity index (χ1n) is 6.81. The summed E-state index contributed by atoms with van der Waals surface area (Å²) in [6.45, 7) is -0.488. The second-order valence-corrected chi connectivity index (χ2v) is 4.91. The lowest BCUT2D eigenvalue weighted by molar-refractivity contribution is -0.134. The quantitative estimate of drug-likeness (QED) is 0.372. The maximum atomic E-state index is 12.1. The van der Waals surface area contributed by atoms with E-state index in [-0.39, 0.29) is 16.9 Å². The van der Waals surface area contributed by atoms with E-state index in [0.717, 1.165) is 4.90 Å². The number of imide groups is 1. The van der Waals surface area contributed by atoms with Crippen LogP contribution in [0.5, 0.6) is 5.75 Å². The minimum absolute atomic E-state index is 0.177. The number of hydrogen-bond donors (Lipinski definition) is 0. The van der Waals surface area contributed by atoms with Gasteiger partial charge in [-0.1, -0.05) is 24.3 Å². The van der Waals surface area contributed by atoms with Crippen molar-refractivity contribution in [2.24, 2.45) is 0 Å². The van der Waals surface area contributed by atoms with Gasteiger partial charge in [-0.2, -0.15) is 0 Å². The number of nitrogens with zero attached hydrogens (tertiary/aromatic N) is 1. The van der Waals surface area contributed by atoms with Gasteiger partial charge in [0.2, 0.25) is 0 Å². The summed E-state index contributed by atoms with van der Waals surface area (Å²) in [7, 11) is 0. The van der Waals surface area contributed by atoms with Crippen molar-refractivity contribution < 1.29 is 23.9 Å². The van der Waals surface area contributed by atoms with Crippen molar-refractivity contribution in [3.63, 3.8) is 0 Å². The van der Waals surface area contributed by atoms with Crippen molar-refractivity contribution in [1.29, 1.82) is 0 Å². The molecule has 0 unspecified atom stereocenters. The van der Waals surface area contributed by atoms with E-state index in [0.29, 0.717) is 11.8 Å². The number of rotatable bonds is 4. The number of hydrogen-bond acceptors (Lipinski definition) is 5. The van der Waals surface area contributed by atoms with Crippen molar-refractivity contribution in [2.75, 3.05) is 6.54 Å². The Bertz CT molecular complexity index is 792. The number of carbonyl (C=O) groups excluding carboxylic acids is 4. The van der Waals surface area contributed by atoms with Crippen molar-refractivity contribution in [3.8, 4) is 5.75 Å². The summed E-state index contributed by atoms with van der Waals surface area (Å²) in [4.78, 5) is 47.8. The lowest BCUT2D eigenvalue weighted by Gasteiger charge is -2.12. The zero-order chi connectivity index (χ0) is 16.4. The van der Waals surface area contributed by atoms with Gasteiger partial charge in [0.1, 0.15) is 18.6 Å². The van der Waals surface area contributed by atoms with Crippen LogP contribution in [-0.4, -0.2) is 35.5 Å². The zero-order valence-corrected chi connectivity index (χ0v) is 11.9. The predicted molar refractivity (Wildman–Crippen MR) is 79.3 cm³/mol. The molecule has 0 aromatic heterocycles. The van der Waals surface area contributed by atoms with Crippen molar-refractivity contribution in [3.05, 3.63) is 65.2 Å². The fraction of sp³-hybridized carbons (Fsp3) is 0.0588. The first-order valence-corrected chi connectivity index (χ1v) is 6.81. The summed E-state index contributed by atoms with van der Waals surface area (Å²) in [6, 6.07) is 12.4. The molecule has 2 aromatic carbocycles. The first kappa shape index (κ1) is 14.6. The summed E-state index contributed by atoms with van der Waals surface area (Å²) in [6.07, 6.45) is 0.626. The average Bonchev–Trinajstić information content (AvgIpc) is 2.80. The van der Waals surface area contributed by atoms with Gasteiger partial charge >= 0.3 is 5.97 Å². The molecule has 0 spiro atoms. The van der Waals surface area contributed by atoms with Crippen LogP contribution in [0, 0.1) is 0 Å². The molecule has 6 nitrogen and oxygen atoms in total. The van der Waals surface area contributed by atoms with E-state index in [4.69, 9.17) is 4.74 Å². The van der Waals surface area contributed by atoms with Crippen LogP contribution in [0.2, 0.25) is 0 Å². The fourth-order valence-corrected chi connectivity index (χ4v) is 2.33. The molecule has 1 aliphatic heterocycles. The molecule has 114 valence electrons. The van der Waals surface area contributed by atoms with E-state index in [1.807, 2.05) is 0 Å². The largest absolute Gasteiger partial charge is 0.425 e. The minimum Gasteiger partial charge on any atom is -0.425 e. The van der Waals surface area contributed by atoms with Gasteiger partial charge in [0.05, 0.1) is 11.1 Å². The molecule has 0 atom stereocenters. The number of carbonyl (C=O) groups is 4. The molecular weight excluding hydrogens is 298 g/mol. The van der Waals surface area contributed by atoms with Crippen LogP contribution >= 0.6 is 0 Å². The van der Waals surface area contributed by atoms with Gasteiger partial charge < -0.3 is 4.74 Å². The van der Waals surface area contributed by atoms with Gasteiger partial charge in [-0.15, -0.1) is 0 Å². The van der Waals surface area contributed by atoms with E-state index in [1.54, 1.807) is 24.3 Å². The third kappa shape index (κ3) is 2.74. The third-order valence-electron chi connectivity index (χ3n) is 3.39. The highest BCUT2D eigenvalue weighted by atomic mass is 16.5. The molecule has 0 saturated heterocycles. The summed E-state index contributed by atoms with van der Waals surface area (Å²) >= 11 is 0. The van der Waals surface area contributed by atoms with Crippen molar-refractivity contribution in [2.45, 2.75) is 0 Å². The van der Waals surface area contributed by atoms with Crippen LogP contribution in [0.25, 0.3) is 0 Å². The van der Waals surface area contributed by atoms with Gasteiger partial charge in [-0.25, -0.2) is 4.79 Å². The minimum atomic E-state index is -0.762. The van der Waals surface area contributed by atoms with Crippen LogP contribution in [0.3, 0.4) is 0 Å². The molecule has 2 amide bonds. The Balaban J connectivity index is 1.73. The number of ether oxygens (including phenoxy) is 1. The molecule has 1 heterocycles. The van der Waals surface area contributed by atoms with Crippen molar-refractivity contribution >= 4 is 24.1 Å². The molecule has 0 radical (unpaired) electrons. The van der Waals surface area contributed by atoms with E-state index >= 15 is 0 Å². The Hall–Kier alpha value is -3.28. The number of amides is 2. The summed E-state index contributed by atoms with van der Waals surface area (Å²) < 4.78 is 5.07. The van der Waals surface area contributed by atoms with Crippen molar-refractivity contribution in [1.82, 2.24) is 4.90 Å². The average molecular weight is 309 g/mol. The van der Waals surface area contributed by atoms with E-state index in [1.165, 1.54) is 24.3 Å². The molecule has 2 aromatic rings. The van der Waals surface area contributed by atoms with Crippen LogP contribution in [0.1, 0.15) is 31.1 Å². The Morgan fingerprint density at radius 3 is 2.26 bits per heavy atom. The highest BCUT2D eigenvalue weighted by molar-refractivity contribution is 6.22. The van der Waals surface area contributed by atoms with Gasteiger partial charge in [-0.3, -0.25) is 19.3 Å². The lowest BCUT2D eigenvalue weighted by atomic mass is 10.1. The molecule has 0 N–H and O–H groups in total. The number of fused-ring (bicyclic) bond motifs is 1. The van der Waals surface area contributed by atoms with E-state index in [9.17, 15) is 19.2 Å².